The van der Waals surface area contributed by atoms with E-state index in [4.69, 9.17) is 31.3 Å². The number of aromatic nitrogens is 6. The molecule has 0 saturated heterocycles. The average Bonchev–Trinajstić information content (AvgIpc) is 4.00. The van der Waals surface area contributed by atoms with E-state index >= 15 is 0 Å². The van der Waals surface area contributed by atoms with E-state index in [9.17, 15) is 0 Å². The monoisotopic (exact) mass is 731 g/mol. The highest BCUT2D eigenvalue weighted by molar-refractivity contribution is 7.00. The Labute approximate surface area is 309 Å². The second-order valence-electron chi connectivity index (χ2n) is 12.2. The van der Waals surface area contributed by atoms with Crippen molar-refractivity contribution in [1.29, 1.82) is 0 Å². The van der Waals surface area contributed by atoms with Crippen molar-refractivity contribution in [2.45, 2.75) is 0 Å². The number of anilines is 3. The summed E-state index contributed by atoms with van der Waals surface area (Å²) in [5.41, 5.74) is 10.7. The molecule has 0 saturated carbocycles. The summed E-state index contributed by atoms with van der Waals surface area (Å²) in [7, 11) is 3.33. The highest BCUT2D eigenvalue weighted by Crippen LogP contribution is 2.50. The molecular weight excluding hydrogens is 707 g/mol. The predicted molar refractivity (Wildman–Crippen MR) is 213 cm³/mol. The zero-order valence-electron chi connectivity index (χ0n) is 27.6. The first-order chi connectivity index (χ1) is 25.7. The largest absolute Gasteiger partial charge is 0.496 e. The zero-order valence-corrected chi connectivity index (χ0v) is 30.1. The third kappa shape index (κ3) is 4.65. The number of hydrogen-bond acceptors (Lipinski definition) is 12. The number of ether oxygens (including phenoxy) is 2. The summed E-state index contributed by atoms with van der Waals surface area (Å²) < 4.78 is 40.9. The van der Waals surface area contributed by atoms with Crippen molar-refractivity contribution in [1.82, 2.24) is 26.2 Å². The van der Waals surface area contributed by atoms with E-state index in [1.807, 2.05) is 36.4 Å². The first-order valence-electron chi connectivity index (χ1n) is 16.4. The molecular formula is C40H25N7O2S3. The lowest BCUT2D eigenvalue weighted by Crippen LogP contribution is -2.13. The third-order valence-corrected chi connectivity index (χ3v) is 11.1. The fourth-order valence-electron chi connectivity index (χ4n) is 7.22. The Hall–Kier alpha value is -6.08. The molecule has 12 heteroatoms. The van der Waals surface area contributed by atoms with Crippen molar-refractivity contribution in [2.75, 3.05) is 19.1 Å². The molecule has 7 aromatic carbocycles. The molecule has 0 bridgehead atoms. The van der Waals surface area contributed by atoms with Crippen molar-refractivity contribution >= 4 is 107 Å². The van der Waals surface area contributed by atoms with E-state index in [1.165, 1.54) is 34.2 Å². The van der Waals surface area contributed by atoms with Crippen molar-refractivity contribution in [2.24, 2.45) is 0 Å². The number of methoxy groups -OCH3 is 2. The summed E-state index contributed by atoms with van der Waals surface area (Å²) in [4.78, 5) is 2.14. The number of benzene rings is 7. The molecule has 0 unspecified atom stereocenters. The topological polar surface area (TPSA) is 99.0 Å². The van der Waals surface area contributed by atoms with Gasteiger partial charge in [0, 0.05) is 11.6 Å². The summed E-state index contributed by atoms with van der Waals surface area (Å²) in [6.07, 6.45) is 0. The van der Waals surface area contributed by atoms with Gasteiger partial charge in [-0.25, -0.2) is 0 Å². The number of nitrogens with zero attached hydrogens (tertiary/aromatic N) is 7. The molecule has 0 atom stereocenters. The summed E-state index contributed by atoms with van der Waals surface area (Å²) in [6, 6.07) is 39.6. The summed E-state index contributed by atoms with van der Waals surface area (Å²) >= 11 is 3.50. The smallest absolute Gasteiger partial charge is 0.148 e. The van der Waals surface area contributed by atoms with Crippen molar-refractivity contribution < 1.29 is 9.47 Å². The Morgan fingerprint density at radius 1 is 0.442 bits per heavy atom. The molecule has 0 aliphatic heterocycles. The van der Waals surface area contributed by atoms with Gasteiger partial charge >= 0.3 is 0 Å². The van der Waals surface area contributed by atoms with Crippen LogP contribution in [0.25, 0.3) is 76.9 Å². The van der Waals surface area contributed by atoms with Gasteiger partial charge in [-0.3, -0.25) is 0 Å². The van der Waals surface area contributed by atoms with Crippen molar-refractivity contribution in [3.05, 3.63) is 115 Å². The maximum absolute atomic E-state index is 6.12. The van der Waals surface area contributed by atoms with Gasteiger partial charge in [-0.05, 0) is 63.0 Å². The standard InChI is InChI=1S/C40H25N7O2S3/c1-48-31-19-18-29(37-39(31)45-51-43-37)47(30-21-32(49-2)33(22-10-4-3-5-11-22)40-38(30)44-52-46-40)28-17-16-27(35-36(28)42-50-41-35)34-25-14-8-6-12-23(25)20-24-13-7-9-15-26(24)34/h3-21H,1-2H3. The predicted octanol–water partition coefficient (Wildman–Crippen LogP) is 10.8. The molecule has 3 aromatic heterocycles. The Morgan fingerprint density at radius 3 is 1.65 bits per heavy atom. The Bertz CT molecular complexity index is 2920. The van der Waals surface area contributed by atoms with Crippen molar-refractivity contribution in [3.63, 3.8) is 0 Å². The maximum atomic E-state index is 6.12. The van der Waals surface area contributed by atoms with Gasteiger partial charge in [0.1, 0.15) is 44.6 Å². The fraction of sp³-hybridized carbons (Fsp3) is 0.0500. The van der Waals surface area contributed by atoms with Gasteiger partial charge in [-0.15, -0.1) is 0 Å². The minimum Gasteiger partial charge on any atom is -0.496 e. The Morgan fingerprint density at radius 2 is 0.981 bits per heavy atom. The molecule has 0 amide bonds. The number of hydrogen-bond donors (Lipinski definition) is 0. The van der Waals surface area contributed by atoms with Crippen LogP contribution < -0.4 is 14.4 Å². The third-order valence-electron chi connectivity index (χ3n) is 9.50. The van der Waals surface area contributed by atoms with E-state index in [-0.39, 0.29) is 0 Å². The lowest BCUT2D eigenvalue weighted by Gasteiger charge is -2.27. The fourth-order valence-corrected chi connectivity index (χ4v) is 8.91. The normalized spacial score (nSPS) is 11.7. The van der Waals surface area contributed by atoms with Crippen LogP contribution in [-0.2, 0) is 0 Å². The van der Waals surface area contributed by atoms with Crippen LogP contribution in [0.4, 0.5) is 17.1 Å². The maximum Gasteiger partial charge on any atom is 0.148 e. The molecule has 9 nitrogen and oxygen atoms in total. The summed E-state index contributed by atoms with van der Waals surface area (Å²) in [5, 5.41) is 4.64. The van der Waals surface area contributed by atoms with E-state index < -0.39 is 0 Å². The number of fused-ring (bicyclic) bond motifs is 5. The van der Waals surface area contributed by atoms with Gasteiger partial charge in [0.25, 0.3) is 0 Å². The van der Waals surface area contributed by atoms with E-state index in [2.05, 4.69) is 88.1 Å². The van der Waals surface area contributed by atoms with Crippen LogP contribution in [-0.4, -0.2) is 40.5 Å². The van der Waals surface area contributed by atoms with Gasteiger partial charge in [0.2, 0.25) is 0 Å². The minimum atomic E-state index is 0.642. The zero-order chi connectivity index (χ0) is 34.8. The second-order valence-corrected chi connectivity index (χ2v) is 13.8. The van der Waals surface area contributed by atoms with Crippen LogP contribution in [0.5, 0.6) is 11.5 Å². The first kappa shape index (κ1) is 30.7. The minimum absolute atomic E-state index is 0.642. The van der Waals surface area contributed by atoms with Crippen LogP contribution in [0.2, 0.25) is 0 Å². The molecule has 0 N–H and O–H groups in total. The Kier molecular flexibility index (Phi) is 7.27. The molecule has 10 rings (SSSR count). The van der Waals surface area contributed by atoms with E-state index in [0.29, 0.717) is 22.5 Å². The Balaban J connectivity index is 1.29. The summed E-state index contributed by atoms with van der Waals surface area (Å²) in [5.74, 6) is 1.31. The molecule has 0 fully saturated rings. The van der Waals surface area contributed by atoms with Crippen LogP contribution in [0.15, 0.2) is 115 Å². The second kappa shape index (κ2) is 12.3. The van der Waals surface area contributed by atoms with Gasteiger partial charge < -0.3 is 14.4 Å². The quantitative estimate of drug-likeness (QED) is 0.148. The average molecular weight is 732 g/mol. The number of rotatable bonds is 7. The molecule has 10 aromatic rings. The van der Waals surface area contributed by atoms with Gasteiger partial charge in [0.15, 0.2) is 0 Å². The lowest BCUT2D eigenvalue weighted by atomic mass is 9.91. The molecule has 0 aliphatic rings. The summed E-state index contributed by atoms with van der Waals surface area (Å²) in [6.45, 7) is 0. The molecule has 250 valence electrons. The van der Waals surface area contributed by atoms with Gasteiger partial charge in [-0.1, -0.05) is 78.9 Å². The highest BCUT2D eigenvalue weighted by atomic mass is 32.1. The molecule has 3 heterocycles. The van der Waals surface area contributed by atoms with Crippen LogP contribution in [0, 0.1) is 0 Å². The molecule has 0 radical (unpaired) electrons. The van der Waals surface area contributed by atoms with Crippen LogP contribution >= 0.6 is 35.2 Å². The SMILES string of the molecule is COc1cc(N(c2ccc(OC)c3nsnc23)c2ccc(-c3c4ccccc4cc4ccccc34)c3nsnc23)c2nsnc2c1-c1ccccc1. The van der Waals surface area contributed by atoms with Crippen LogP contribution in [0.1, 0.15) is 0 Å². The molecule has 0 spiro atoms. The van der Waals surface area contributed by atoms with Crippen molar-refractivity contribution in [3.8, 4) is 33.8 Å². The van der Waals surface area contributed by atoms with Crippen LogP contribution in [0.3, 0.4) is 0 Å². The lowest BCUT2D eigenvalue weighted by molar-refractivity contribution is 0.417. The van der Waals surface area contributed by atoms with E-state index in [0.717, 1.165) is 83.9 Å². The van der Waals surface area contributed by atoms with E-state index in [1.54, 1.807) is 14.2 Å². The molecule has 52 heavy (non-hydrogen) atoms. The van der Waals surface area contributed by atoms with Gasteiger partial charge in [0.05, 0.1) is 72.0 Å². The highest BCUT2D eigenvalue weighted by Gasteiger charge is 2.29. The van der Waals surface area contributed by atoms with Gasteiger partial charge in [-0.2, -0.15) is 26.2 Å². The first-order valence-corrected chi connectivity index (χ1v) is 18.6. The molecule has 0 aliphatic carbocycles.